The van der Waals surface area contributed by atoms with Gasteiger partial charge >= 0.3 is 0 Å². The Morgan fingerprint density at radius 3 is 2.60 bits per heavy atom. The molecule has 25 heavy (non-hydrogen) atoms. The normalized spacial score (nSPS) is 19.2. The fourth-order valence-electron chi connectivity index (χ4n) is 4.30. The van der Waals surface area contributed by atoms with Crippen molar-refractivity contribution in [2.45, 2.75) is 51.1 Å². The van der Waals surface area contributed by atoms with Crippen LogP contribution in [0.3, 0.4) is 0 Å². The van der Waals surface area contributed by atoms with Gasteiger partial charge in [0.15, 0.2) is 0 Å². The molecule has 1 aliphatic heterocycles. The zero-order valence-electron chi connectivity index (χ0n) is 15.0. The second-order valence-electron chi connectivity index (χ2n) is 7.32. The number of benzene rings is 1. The molecule has 2 aliphatic rings. The lowest BCUT2D eigenvalue weighted by Gasteiger charge is -2.44. The number of amides is 1. The molecule has 132 valence electrons. The van der Waals surface area contributed by atoms with Crippen LogP contribution in [0.25, 0.3) is 0 Å². The highest BCUT2D eigenvalue weighted by atomic mass is 16.5. The molecule has 1 aromatic heterocycles. The Hall–Kier alpha value is -2.30. The molecule has 1 fully saturated rings. The van der Waals surface area contributed by atoms with E-state index in [0.29, 0.717) is 13.2 Å². The molecule has 4 rings (SSSR count). The topological polar surface area (TPSA) is 47.4 Å². The number of carbonyl (C=O) groups is 1. The monoisotopic (exact) mass is 339 g/mol. The summed E-state index contributed by atoms with van der Waals surface area (Å²) in [5.74, 6) is 0.910. The third-order valence-electron chi connectivity index (χ3n) is 5.71. The van der Waals surface area contributed by atoms with E-state index < -0.39 is 0 Å². The summed E-state index contributed by atoms with van der Waals surface area (Å²) in [5.41, 5.74) is 2.51. The fraction of sp³-hybridized carbons (Fsp3) is 0.500. The van der Waals surface area contributed by atoms with Gasteiger partial charge in [-0.3, -0.25) is 4.79 Å². The first-order valence-electron chi connectivity index (χ1n) is 9.13. The predicted octanol–water partition coefficient (Wildman–Crippen LogP) is 3.47. The SMILES string of the molecule is Cc1nn(C)c2c1CN(C(=O)c1ccccc1)C1(CCCCC1)CO2. The second kappa shape index (κ2) is 6.21. The van der Waals surface area contributed by atoms with E-state index in [2.05, 4.69) is 10.00 Å². The van der Waals surface area contributed by atoms with Gasteiger partial charge in [-0.15, -0.1) is 0 Å². The van der Waals surface area contributed by atoms with Crippen LogP contribution in [0.5, 0.6) is 5.88 Å². The van der Waals surface area contributed by atoms with Crippen LogP contribution in [-0.2, 0) is 13.6 Å². The van der Waals surface area contributed by atoms with Crippen molar-refractivity contribution < 1.29 is 9.53 Å². The minimum absolute atomic E-state index is 0.0993. The van der Waals surface area contributed by atoms with Gasteiger partial charge in [-0.2, -0.15) is 5.10 Å². The summed E-state index contributed by atoms with van der Waals surface area (Å²) in [6, 6.07) is 9.61. The summed E-state index contributed by atoms with van der Waals surface area (Å²) in [6.45, 7) is 3.12. The van der Waals surface area contributed by atoms with Gasteiger partial charge in [-0.05, 0) is 31.9 Å². The predicted molar refractivity (Wildman–Crippen MR) is 95.6 cm³/mol. The van der Waals surface area contributed by atoms with Gasteiger partial charge in [-0.1, -0.05) is 37.5 Å². The van der Waals surface area contributed by atoms with Crippen molar-refractivity contribution in [2.75, 3.05) is 6.61 Å². The largest absolute Gasteiger partial charge is 0.475 e. The first-order valence-corrected chi connectivity index (χ1v) is 9.13. The van der Waals surface area contributed by atoms with Crippen molar-refractivity contribution in [3.05, 3.63) is 47.2 Å². The molecular weight excluding hydrogens is 314 g/mol. The smallest absolute Gasteiger partial charge is 0.254 e. The lowest BCUT2D eigenvalue weighted by atomic mass is 9.80. The maximum Gasteiger partial charge on any atom is 0.254 e. The molecule has 1 amide bonds. The Balaban J connectivity index is 1.77. The first kappa shape index (κ1) is 16.2. The number of carbonyl (C=O) groups excluding carboxylic acids is 1. The minimum Gasteiger partial charge on any atom is -0.475 e. The van der Waals surface area contributed by atoms with E-state index in [4.69, 9.17) is 4.74 Å². The lowest BCUT2D eigenvalue weighted by Crippen LogP contribution is -2.55. The van der Waals surface area contributed by atoms with E-state index in [9.17, 15) is 4.79 Å². The van der Waals surface area contributed by atoms with Crippen molar-refractivity contribution in [2.24, 2.45) is 7.05 Å². The lowest BCUT2D eigenvalue weighted by molar-refractivity contribution is 0.0129. The Morgan fingerprint density at radius 2 is 1.88 bits per heavy atom. The van der Waals surface area contributed by atoms with Crippen molar-refractivity contribution >= 4 is 5.91 Å². The average molecular weight is 339 g/mol. The highest BCUT2D eigenvalue weighted by Crippen LogP contribution is 2.40. The molecule has 2 heterocycles. The highest BCUT2D eigenvalue weighted by molar-refractivity contribution is 5.94. The number of aromatic nitrogens is 2. The summed E-state index contributed by atoms with van der Waals surface area (Å²) in [6.07, 6.45) is 5.55. The van der Waals surface area contributed by atoms with Crippen molar-refractivity contribution in [3.8, 4) is 5.88 Å². The van der Waals surface area contributed by atoms with Gasteiger partial charge in [0.1, 0.15) is 6.61 Å². The van der Waals surface area contributed by atoms with E-state index in [1.165, 1.54) is 6.42 Å². The first-order chi connectivity index (χ1) is 12.1. The average Bonchev–Trinajstić information content (AvgIpc) is 2.81. The third-order valence-corrected chi connectivity index (χ3v) is 5.71. The van der Waals surface area contributed by atoms with Crippen LogP contribution in [-0.4, -0.2) is 32.7 Å². The van der Waals surface area contributed by atoms with Crippen molar-refractivity contribution in [3.63, 3.8) is 0 Å². The molecule has 0 bridgehead atoms. The molecule has 1 aliphatic carbocycles. The molecule has 2 aromatic rings. The van der Waals surface area contributed by atoms with E-state index in [0.717, 1.165) is 48.4 Å². The number of nitrogens with zero attached hydrogens (tertiary/aromatic N) is 3. The molecule has 1 spiro atoms. The van der Waals surface area contributed by atoms with Gasteiger partial charge in [0, 0.05) is 12.6 Å². The molecule has 0 N–H and O–H groups in total. The van der Waals surface area contributed by atoms with E-state index in [1.807, 2.05) is 44.3 Å². The van der Waals surface area contributed by atoms with Gasteiger partial charge in [0.2, 0.25) is 5.88 Å². The summed E-state index contributed by atoms with van der Waals surface area (Å²) < 4.78 is 8.02. The number of fused-ring (bicyclic) bond motifs is 1. The molecule has 0 unspecified atom stereocenters. The second-order valence-corrected chi connectivity index (χ2v) is 7.32. The maximum absolute atomic E-state index is 13.4. The van der Waals surface area contributed by atoms with Crippen LogP contribution in [0.2, 0.25) is 0 Å². The highest BCUT2D eigenvalue weighted by Gasteiger charge is 2.44. The van der Waals surface area contributed by atoms with Crippen molar-refractivity contribution in [1.29, 1.82) is 0 Å². The number of ether oxygens (including phenoxy) is 1. The molecule has 0 atom stereocenters. The van der Waals surface area contributed by atoms with Crippen LogP contribution in [0.4, 0.5) is 0 Å². The number of hydrogen-bond donors (Lipinski definition) is 0. The zero-order valence-corrected chi connectivity index (χ0v) is 15.0. The Kier molecular flexibility index (Phi) is 4.02. The van der Waals surface area contributed by atoms with E-state index in [1.54, 1.807) is 4.68 Å². The Labute approximate surface area is 148 Å². The molecule has 5 heteroatoms. The molecule has 1 aromatic carbocycles. The molecule has 0 saturated heterocycles. The minimum atomic E-state index is -0.212. The summed E-state index contributed by atoms with van der Waals surface area (Å²) in [5, 5.41) is 4.49. The maximum atomic E-state index is 13.4. The molecule has 0 radical (unpaired) electrons. The van der Waals surface area contributed by atoms with Gasteiger partial charge < -0.3 is 9.64 Å². The molecule has 5 nitrogen and oxygen atoms in total. The summed E-state index contributed by atoms with van der Waals surface area (Å²) in [4.78, 5) is 15.5. The molecular formula is C20H25N3O2. The van der Waals surface area contributed by atoms with Gasteiger partial charge in [0.25, 0.3) is 5.91 Å². The number of hydrogen-bond acceptors (Lipinski definition) is 3. The number of rotatable bonds is 1. The quantitative estimate of drug-likeness (QED) is 0.799. The van der Waals surface area contributed by atoms with Gasteiger partial charge in [0.05, 0.1) is 23.3 Å². The van der Waals surface area contributed by atoms with Gasteiger partial charge in [-0.25, -0.2) is 4.68 Å². The van der Waals surface area contributed by atoms with Crippen LogP contribution in [0.1, 0.15) is 53.7 Å². The zero-order chi connectivity index (χ0) is 17.4. The van der Waals surface area contributed by atoms with E-state index >= 15 is 0 Å². The van der Waals surface area contributed by atoms with Crippen LogP contribution >= 0.6 is 0 Å². The summed E-state index contributed by atoms with van der Waals surface area (Å²) in [7, 11) is 1.91. The third kappa shape index (κ3) is 2.71. The van der Waals surface area contributed by atoms with Crippen molar-refractivity contribution in [1.82, 2.24) is 14.7 Å². The fourth-order valence-corrected chi connectivity index (χ4v) is 4.30. The number of aryl methyl sites for hydroxylation is 2. The van der Waals surface area contributed by atoms with E-state index in [-0.39, 0.29) is 11.4 Å². The Morgan fingerprint density at radius 1 is 1.16 bits per heavy atom. The van der Waals surface area contributed by atoms with Crippen LogP contribution < -0.4 is 4.74 Å². The Bertz CT molecular complexity index is 776. The standard InChI is InChI=1S/C20H25N3O2/c1-15-17-13-23(18(24)16-9-5-3-6-10-16)20(11-7-4-8-12-20)14-25-19(17)22(2)21-15/h3,5-6,9-10H,4,7-8,11-14H2,1-2H3. The summed E-state index contributed by atoms with van der Waals surface area (Å²) >= 11 is 0. The van der Waals surface area contributed by atoms with Crippen LogP contribution in [0, 0.1) is 6.92 Å². The molecule has 1 saturated carbocycles. The van der Waals surface area contributed by atoms with Crippen LogP contribution in [0.15, 0.2) is 30.3 Å².